The molecule has 0 aliphatic carbocycles. The molecule has 0 saturated heterocycles. The van der Waals surface area contributed by atoms with Gasteiger partial charge >= 0.3 is 0 Å². The Hall–Kier alpha value is -1.58. The predicted octanol–water partition coefficient (Wildman–Crippen LogP) is -0.0116. The van der Waals surface area contributed by atoms with Crippen LogP contribution in [-0.2, 0) is 13.1 Å². The van der Waals surface area contributed by atoms with Gasteiger partial charge in [0.15, 0.2) is 5.69 Å². The van der Waals surface area contributed by atoms with Crippen LogP contribution in [0.25, 0.3) is 0 Å². The Balaban J connectivity index is 2.23. The first-order valence-electron chi connectivity index (χ1n) is 6.54. The van der Waals surface area contributed by atoms with Gasteiger partial charge in [0.25, 0.3) is 0 Å². The molecule has 0 unspecified atom stereocenters. The second kappa shape index (κ2) is 6.92. The normalized spacial score (nSPS) is 11.3. The topological polar surface area (TPSA) is 94.9 Å². The summed E-state index contributed by atoms with van der Waals surface area (Å²) in [5.41, 5.74) is 6.23. The largest absolute Gasteiger partial charge is 0.329 e. The zero-order valence-corrected chi connectivity index (χ0v) is 13.6. The van der Waals surface area contributed by atoms with E-state index in [2.05, 4.69) is 31.3 Å². The molecule has 0 atom stereocenters. The van der Waals surface area contributed by atoms with E-state index in [0.29, 0.717) is 29.8 Å². The summed E-state index contributed by atoms with van der Waals surface area (Å²) in [6.45, 7) is 2.38. The molecule has 2 aromatic heterocycles. The van der Waals surface area contributed by atoms with Gasteiger partial charge in [-0.3, -0.25) is 14.2 Å². The first-order valence-corrected chi connectivity index (χ1v) is 7.33. The molecule has 8 nitrogen and oxygen atoms in total. The Morgan fingerprint density at radius 3 is 2.86 bits per heavy atom. The fourth-order valence-corrected chi connectivity index (χ4v) is 2.29. The second-order valence-electron chi connectivity index (χ2n) is 4.85. The van der Waals surface area contributed by atoms with Crippen LogP contribution in [0.3, 0.4) is 0 Å². The summed E-state index contributed by atoms with van der Waals surface area (Å²) >= 11 is 3.37. The molecule has 0 amide bonds. The second-order valence-corrected chi connectivity index (χ2v) is 5.71. The van der Waals surface area contributed by atoms with Crippen molar-refractivity contribution in [2.45, 2.75) is 13.1 Å². The molecule has 2 N–H and O–H groups in total. The van der Waals surface area contributed by atoms with Gasteiger partial charge in [-0.2, -0.15) is 5.10 Å². The van der Waals surface area contributed by atoms with E-state index >= 15 is 0 Å². The van der Waals surface area contributed by atoms with Gasteiger partial charge in [0.2, 0.25) is 5.78 Å². The smallest absolute Gasteiger partial charge is 0.234 e. The molecule has 2 aromatic rings. The molecule has 0 radical (unpaired) electrons. The standard InChI is InChI=1S/C12H18BrN7O/c1-18(2)5-6-20-11(9(13)7-15-20)12(21)10-8-19(4-3-14)17-16-10/h7-8H,3-6,14H2,1-2H3. The highest BCUT2D eigenvalue weighted by Gasteiger charge is 2.21. The Bertz CT molecular complexity index is 619. The van der Waals surface area contributed by atoms with Crippen molar-refractivity contribution in [1.82, 2.24) is 29.7 Å². The fraction of sp³-hybridized carbons (Fsp3) is 0.500. The molecule has 0 fully saturated rings. The highest BCUT2D eigenvalue weighted by atomic mass is 79.9. The van der Waals surface area contributed by atoms with E-state index in [1.54, 1.807) is 21.8 Å². The Labute approximate surface area is 131 Å². The van der Waals surface area contributed by atoms with E-state index in [-0.39, 0.29) is 11.5 Å². The van der Waals surface area contributed by atoms with Gasteiger partial charge < -0.3 is 10.6 Å². The van der Waals surface area contributed by atoms with Crippen LogP contribution >= 0.6 is 15.9 Å². The number of rotatable bonds is 7. The van der Waals surface area contributed by atoms with Gasteiger partial charge in [-0.05, 0) is 30.0 Å². The zero-order chi connectivity index (χ0) is 15.4. The van der Waals surface area contributed by atoms with Crippen LogP contribution in [-0.4, -0.2) is 62.6 Å². The SMILES string of the molecule is CN(C)CCn1ncc(Br)c1C(=O)c1cn(CCN)nn1. The van der Waals surface area contributed by atoms with Gasteiger partial charge in [-0.1, -0.05) is 5.21 Å². The molecule has 21 heavy (non-hydrogen) atoms. The molecule has 2 rings (SSSR count). The molecule has 9 heteroatoms. The van der Waals surface area contributed by atoms with Crippen molar-refractivity contribution < 1.29 is 4.79 Å². The summed E-state index contributed by atoms with van der Waals surface area (Å²) in [7, 11) is 3.94. The lowest BCUT2D eigenvalue weighted by molar-refractivity contribution is 0.102. The van der Waals surface area contributed by atoms with Gasteiger partial charge in [0.1, 0.15) is 5.69 Å². The summed E-state index contributed by atoms with van der Waals surface area (Å²) in [5.74, 6) is -0.207. The number of likely N-dealkylation sites (N-methyl/N-ethyl adjacent to an activating group) is 1. The predicted molar refractivity (Wildman–Crippen MR) is 81.0 cm³/mol. The molecule has 114 valence electrons. The minimum absolute atomic E-state index is 0.207. The minimum Gasteiger partial charge on any atom is -0.329 e. The Kier molecular flexibility index (Phi) is 5.21. The third-order valence-corrected chi connectivity index (χ3v) is 3.48. The Morgan fingerprint density at radius 1 is 1.43 bits per heavy atom. The van der Waals surface area contributed by atoms with E-state index in [4.69, 9.17) is 5.73 Å². The average Bonchev–Trinajstić information content (AvgIpc) is 3.03. The van der Waals surface area contributed by atoms with Crippen LogP contribution in [0.5, 0.6) is 0 Å². The van der Waals surface area contributed by atoms with Crippen molar-refractivity contribution in [3.63, 3.8) is 0 Å². The number of carbonyl (C=O) groups is 1. The van der Waals surface area contributed by atoms with Gasteiger partial charge in [0.05, 0.1) is 30.0 Å². The maximum atomic E-state index is 12.6. The van der Waals surface area contributed by atoms with Gasteiger partial charge in [0, 0.05) is 13.1 Å². The molecular formula is C12H18BrN7O. The lowest BCUT2D eigenvalue weighted by Gasteiger charge is -2.11. The van der Waals surface area contributed by atoms with Crippen molar-refractivity contribution in [3.8, 4) is 0 Å². The van der Waals surface area contributed by atoms with Crippen LogP contribution in [0.15, 0.2) is 16.9 Å². The minimum atomic E-state index is -0.207. The number of nitrogens with zero attached hydrogens (tertiary/aromatic N) is 6. The van der Waals surface area contributed by atoms with E-state index in [1.807, 2.05) is 19.0 Å². The summed E-state index contributed by atoms with van der Waals surface area (Å²) < 4.78 is 3.88. The quantitative estimate of drug-likeness (QED) is 0.701. The van der Waals surface area contributed by atoms with Crippen LogP contribution in [0.2, 0.25) is 0 Å². The summed E-state index contributed by atoms with van der Waals surface area (Å²) in [6, 6.07) is 0. The fourth-order valence-electron chi connectivity index (χ4n) is 1.82. The van der Waals surface area contributed by atoms with Gasteiger partial charge in [-0.25, -0.2) is 0 Å². The first kappa shape index (κ1) is 15.8. The molecule has 0 aliphatic heterocycles. The van der Waals surface area contributed by atoms with Crippen molar-refractivity contribution in [3.05, 3.63) is 28.3 Å². The molecular weight excluding hydrogens is 338 g/mol. The maximum Gasteiger partial charge on any atom is 0.234 e. The highest BCUT2D eigenvalue weighted by Crippen LogP contribution is 2.19. The van der Waals surface area contributed by atoms with Crippen molar-refractivity contribution in [1.29, 1.82) is 0 Å². The number of carbonyl (C=O) groups excluding carboxylic acids is 1. The highest BCUT2D eigenvalue weighted by molar-refractivity contribution is 9.10. The molecule has 0 bridgehead atoms. The lowest BCUT2D eigenvalue weighted by atomic mass is 10.2. The number of nitrogens with two attached hydrogens (primary N) is 1. The van der Waals surface area contributed by atoms with Crippen LogP contribution in [0.1, 0.15) is 16.2 Å². The number of halogens is 1. The van der Waals surface area contributed by atoms with E-state index < -0.39 is 0 Å². The Morgan fingerprint density at radius 2 is 2.19 bits per heavy atom. The lowest BCUT2D eigenvalue weighted by Crippen LogP contribution is -2.22. The summed E-state index contributed by atoms with van der Waals surface area (Å²) in [6.07, 6.45) is 3.22. The van der Waals surface area contributed by atoms with Crippen LogP contribution in [0, 0.1) is 0 Å². The molecule has 0 aliphatic rings. The molecule has 2 heterocycles. The van der Waals surface area contributed by atoms with E-state index in [1.165, 1.54) is 0 Å². The van der Waals surface area contributed by atoms with Gasteiger partial charge in [-0.15, -0.1) is 5.10 Å². The number of aromatic nitrogens is 5. The third kappa shape index (κ3) is 3.74. The van der Waals surface area contributed by atoms with E-state index in [9.17, 15) is 4.79 Å². The van der Waals surface area contributed by atoms with Crippen LogP contribution < -0.4 is 5.73 Å². The molecule has 0 spiro atoms. The first-order chi connectivity index (χ1) is 10.0. The number of hydrogen-bond donors (Lipinski definition) is 1. The molecule has 0 saturated carbocycles. The summed E-state index contributed by atoms with van der Waals surface area (Å²) in [5, 5.41) is 12.0. The van der Waals surface area contributed by atoms with Crippen molar-refractivity contribution in [2.24, 2.45) is 5.73 Å². The molecule has 0 aromatic carbocycles. The third-order valence-electron chi connectivity index (χ3n) is 2.90. The maximum absolute atomic E-state index is 12.6. The number of ketones is 1. The summed E-state index contributed by atoms with van der Waals surface area (Å²) in [4.78, 5) is 14.6. The monoisotopic (exact) mass is 355 g/mol. The van der Waals surface area contributed by atoms with E-state index in [0.717, 1.165) is 6.54 Å². The zero-order valence-electron chi connectivity index (χ0n) is 12.0. The average molecular weight is 356 g/mol. The van der Waals surface area contributed by atoms with Crippen molar-refractivity contribution >= 4 is 21.7 Å². The van der Waals surface area contributed by atoms with Crippen molar-refractivity contribution in [2.75, 3.05) is 27.2 Å². The van der Waals surface area contributed by atoms with Crippen LogP contribution in [0.4, 0.5) is 0 Å². The number of hydrogen-bond acceptors (Lipinski definition) is 6.